The second-order valence-corrected chi connectivity index (χ2v) is 3.24. The molecule has 3 nitrogen and oxygen atoms in total. The molecule has 0 aromatic heterocycles. The molecule has 0 radical (unpaired) electrons. The number of methoxy groups -OCH3 is 1. The molecule has 0 amide bonds. The topological polar surface area (TPSA) is 52.3 Å². The fourth-order valence-corrected chi connectivity index (χ4v) is 1.52. The minimum Gasteiger partial charge on any atom is -0.469 e. The molecule has 0 unspecified atom stereocenters. The molecule has 0 saturated carbocycles. The summed E-state index contributed by atoms with van der Waals surface area (Å²) in [7, 11) is 1.34. The van der Waals surface area contributed by atoms with Crippen molar-refractivity contribution in [2.75, 3.05) is 13.7 Å². The van der Waals surface area contributed by atoms with Crippen molar-refractivity contribution in [3.05, 3.63) is 34.9 Å². The maximum Gasteiger partial charge on any atom is 0.314 e. The van der Waals surface area contributed by atoms with E-state index in [0.717, 1.165) is 0 Å². The van der Waals surface area contributed by atoms with E-state index in [4.69, 9.17) is 17.3 Å². The second-order valence-electron chi connectivity index (χ2n) is 2.83. The zero-order chi connectivity index (χ0) is 10.6. The summed E-state index contributed by atoms with van der Waals surface area (Å²) in [6, 6.07) is 7.11. The molecule has 1 aromatic rings. The van der Waals surface area contributed by atoms with Gasteiger partial charge in [0, 0.05) is 11.6 Å². The quantitative estimate of drug-likeness (QED) is 0.776. The first-order valence-corrected chi connectivity index (χ1v) is 4.60. The monoisotopic (exact) mass is 213 g/mol. The van der Waals surface area contributed by atoms with E-state index in [1.54, 1.807) is 18.2 Å². The van der Waals surface area contributed by atoms with Crippen LogP contribution in [0.5, 0.6) is 0 Å². The Kier molecular flexibility index (Phi) is 3.92. The fourth-order valence-electron chi connectivity index (χ4n) is 1.25. The van der Waals surface area contributed by atoms with Gasteiger partial charge in [0.25, 0.3) is 0 Å². The lowest BCUT2D eigenvalue weighted by Crippen LogP contribution is -2.23. The van der Waals surface area contributed by atoms with E-state index in [0.29, 0.717) is 10.6 Å². The van der Waals surface area contributed by atoms with E-state index >= 15 is 0 Å². The fraction of sp³-hybridized carbons (Fsp3) is 0.300. The zero-order valence-electron chi connectivity index (χ0n) is 7.87. The number of rotatable bonds is 3. The molecule has 2 N–H and O–H groups in total. The standard InChI is InChI=1S/C10H12ClNO2/c1-14-10(13)8(6-12)7-4-2-3-5-9(7)11/h2-5,8H,6,12H2,1H3/t8-/m1/s1. The van der Waals surface area contributed by atoms with Crippen LogP contribution in [0.4, 0.5) is 0 Å². The van der Waals surface area contributed by atoms with E-state index in [-0.39, 0.29) is 12.5 Å². The summed E-state index contributed by atoms with van der Waals surface area (Å²) in [4.78, 5) is 11.3. The van der Waals surface area contributed by atoms with Gasteiger partial charge in [-0.1, -0.05) is 29.8 Å². The van der Waals surface area contributed by atoms with Crippen LogP contribution in [0.25, 0.3) is 0 Å². The lowest BCUT2D eigenvalue weighted by Gasteiger charge is -2.13. The SMILES string of the molecule is COC(=O)[C@H](CN)c1ccccc1Cl. The molecule has 0 bridgehead atoms. The molecule has 76 valence electrons. The molecule has 0 aliphatic rings. The number of ether oxygens (including phenoxy) is 1. The summed E-state index contributed by atoms with van der Waals surface area (Å²) in [5.74, 6) is -0.839. The summed E-state index contributed by atoms with van der Waals surface area (Å²) in [5, 5.41) is 0.536. The Hall–Kier alpha value is -1.06. The number of carbonyl (C=O) groups excluding carboxylic acids is 1. The van der Waals surface area contributed by atoms with Crippen molar-refractivity contribution in [2.45, 2.75) is 5.92 Å². The van der Waals surface area contributed by atoms with Crippen molar-refractivity contribution in [1.82, 2.24) is 0 Å². The first-order valence-electron chi connectivity index (χ1n) is 4.23. The summed E-state index contributed by atoms with van der Waals surface area (Å²) in [6.07, 6.45) is 0. The lowest BCUT2D eigenvalue weighted by molar-refractivity contribution is -0.142. The second kappa shape index (κ2) is 4.98. The molecule has 0 aliphatic carbocycles. The Bertz CT molecular complexity index is 328. The van der Waals surface area contributed by atoms with E-state index in [2.05, 4.69) is 4.74 Å². The molecule has 0 aliphatic heterocycles. The van der Waals surface area contributed by atoms with Crippen LogP contribution in [-0.4, -0.2) is 19.6 Å². The minimum atomic E-state index is -0.478. The molecule has 14 heavy (non-hydrogen) atoms. The average molecular weight is 214 g/mol. The van der Waals surface area contributed by atoms with E-state index in [1.165, 1.54) is 7.11 Å². The Balaban J connectivity index is 3.01. The van der Waals surface area contributed by atoms with Crippen LogP contribution in [-0.2, 0) is 9.53 Å². The van der Waals surface area contributed by atoms with Gasteiger partial charge >= 0.3 is 5.97 Å². The first kappa shape index (κ1) is 11.0. The Morgan fingerprint density at radius 1 is 1.57 bits per heavy atom. The number of nitrogens with two attached hydrogens (primary N) is 1. The third-order valence-corrected chi connectivity index (χ3v) is 2.35. The number of esters is 1. The van der Waals surface area contributed by atoms with Gasteiger partial charge < -0.3 is 10.5 Å². The number of carbonyl (C=O) groups is 1. The van der Waals surface area contributed by atoms with Crippen molar-refractivity contribution < 1.29 is 9.53 Å². The summed E-state index contributed by atoms with van der Waals surface area (Å²) < 4.78 is 4.64. The van der Waals surface area contributed by atoms with Gasteiger partial charge in [-0.25, -0.2) is 0 Å². The van der Waals surface area contributed by atoms with Crippen molar-refractivity contribution in [3.8, 4) is 0 Å². The van der Waals surface area contributed by atoms with Gasteiger partial charge in [-0.15, -0.1) is 0 Å². The van der Waals surface area contributed by atoms with Crippen molar-refractivity contribution >= 4 is 17.6 Å². The van der Waals surface area contributed by atoms with Crippen LogP contribution in [0.2, 0.25) is 5.02 Å². The van der Waals surface area contributed by atoms with Crippen LogP contribution in [0.15, 0.2) is 24.3 Å². The van der Waals surface area contributed by atoms with Gasteiger partial charge in [-0.05, 0) is 11.6 Å². The lowest BCUT2D eigenvalue weighted by atomic mass is 9.99. The van der Waals surface area contributed by atoms with Gasteiger partial charge in [0.05, 0.1) is 13.0 Å². The number of benzene rings is 1. The number of hydrogen-bond acceptors (Lipinski definition) is 3. The van der Waals surface area contributed by atoms with Crippen LogP contribution in [0.1, 0.15) is 11.5 Å². The molecular formula is C10H12ClNO2. The summed E-state index contributed by atoms with van der Waals surface area (Å²) >= 11 is 5.94. The van der Waals surface area contributed by atoms with Crippen LogP contribution in [0.3, 0.4) is 0 Å². The molecular weight excluding hydrogens is 202 g/mol. The van der Waals surface area contributed by atoms with Crippen molar-refractivity contribution in [2.24, 2.45) is 5.73 Å². The molecule has 1 aromatic carbocycles. The van der Waals surface area contributed by atoms with Crippen LogP contribution < -0.4 is 5.73 Å². The van der Waals surface area contributed by atoms with E-state index in [1.807, 2.05) is 6.07 Å². The highest BCUT2D eigenvalue weighted by Gasteiger charge is 2.21. The molecule has 0 spiro atoms. The zero-order valence-corrected chi connectivity index (χ0v) is 8.62. The maximum atomic E-state index is 11.3. The largest absolute Gasteiger partial charge is 0.469 e. The van der Waals surface area contributed by atoms with Gasteiger partial charge in [0.1, 0.15) is 0 Å². The van der Waals surface area contributed by atoms with E-state index in [9.17, 15) is 4.79 Å². The van der Waals surface area contributed by atoms with Crippen LogP contribution in [0, 0.1) is 0 Å². The molecule has 0 heterocycles. The molecule has 4 heteroatoms. The third-order valence-electron chi connectivity index (χ3n) is 2.00. The Labute approximate surface area is 87.8 Å². The molecule has 1 atom stereocenters. The Morgan fingerprint density at radius 3 is 2.71 bits per heavy atom. The highest BCUT2D eigenvalue weighted by Crippen LogP contribution is 2.24. The predicted octanol–water partition coefficient (Wildman–Crippen LogP) is 1.56. The van der Waals surface area contributed by atoms with Crippen LogP contribution >= 0.6 is 11.6 Å². The highest BCUT2D eigenvalue weighted by molar-refractivity contribution is 6.31. The van der Waals surface area contributed by atoms with E-state index < -0.39 is 5.92 Å². The van der Waals surface area contributed by atoms with Crippen molar-refractivity contribution in [3.63, 3.8) is 0 Å². The minimum absolute atomic E-state index is 0.191. The molecule has 1 rings (SSSR count). The Morgan fingerprint density at radius 2 is 2.21 bits per heavy atom. The normalized spacial score (nSPS) is 12.2. The predicted molar refractivity (Wildman–Crippen MR) is 55.3 cm³/mol. The first-order chi connectivity index (χ1) is 6.70. The smallest absolute Gasteiger partial charge is 0.314 e. The molecule has 0 saturated heterocycles. The highest BCUT2D eigenvalue weighted by atomic mass is 35.5. The molecule has 0 fully saturated rings. The van der Waals surface area contributed by atoms with Gasteiger partial charge in [0.15, 0.2) is 0 Å². The maximum absolute atomic E-state index is 11.3. The number of halogens is 1. The van der Waals surface area contributed by atoms with Gasteiger partial charge in [-0.3, -0.25) is 4.79 Å². The summed E-state index contributed by atoms with van der Waals surface area (Å²) in [6.45, 7) is 0.191. The van der Waals surface area contributed by atoms with Crippen molar-refractivity contribution in [1.29, 1.82) is 0 Å². The summed E-state index contributed by atoms with van der Waals surface area (Å²) in [5.41, 5.74) is 6.20. The van der Waals surface area contributed by atoms with Gasteiger partial charge in [0.2, 0.25) is 0 Å². The average Bonchev–Trinajstić information content (AvgIpc) is 2.21. The number of hydrogen-bond donors (Lipinski definition) is 1. The third kappa shape index (κ3) is 2.25. The van der Waals surface area contributed by atoms with Gasteiger partial charge in [-0.2, -0.15) is 0 Å².